The number of ether oxygens (including phenoxy) is 1. The molecule has 0 aromatic carbocycles. The Balaban J connectivity index is 1.77. The first-order chi connectivity index (χ1) is 8.63. The van der Waals surface area contributed by atoms with E-state index in [1.165, 1.54) is 12.8 Å². The maximum atomic E-state index is 12.1. The molecule has 1 amide bonds. The molecule has 0 aromatic heterocycles. The first-order valence-electron chi connectivity index (χ1n) is 7.28. The summed E-state index contributed by atoms with van der Waals surface area (Å²) in [5.41, 5.74) is -0.144. The largest absolute Gasteiger partial charge is 0.373 e. The first kappa shape index (κ1) is 13.8. The van der Waals surface area contributed by atoms with Crippen molar-refractivity contribution >= 4 is 5.91 Å². The van der Waals surface area contributed by atoms with Crippen molar-refractivity contribution in [3.63, 3.8) is 0 Å². The van der Waals surface area contributed by atoms with E-state index >= 15 is 0 Å². The molecule has 0 aromatic rings. The highest BCUT2D eigenvalue weighted by atomic mass is 16.5. The van der Waals surface area contributed by atoms with Gasteiger partial charge in [-0.1, -0.05) is 13.3 Å². The number of carbonyl (C=O) groups is 1. The van der Waals surface area contributed by atoms with Crippen LogP contribution in [0.5, 0.6) is 0 Å². The molecule has 3 unspecified atom stereocenters. The molecule has 18 heavy (non-hydrogen) atoms. The third kappa shape index (κ3) is 3.45. The SMILES string of the molecule is CCC1CCNC(C(=O)NCC2(C)CCCO2)C1. The van der Waals surface area contributed by atoms with Crippen molar-refractivity contribution in [1.29, 1.82) is 0 Å². The number of hydrogen-bond acceptors (Lipinski definition) is 3. The number of amides is 1. The Morgan fingerprint density at radius 2 is 2.39 bits per heavy atom. The van der Waals surface area contributed by atoms with Gasteiger partial charge in [0, 0.05) is 13.2 Å². The molecule has 2 saturated heterocycles. The fourth-order valence-corrected chi connectivity index (χ4v) is 2.94. The van der Waals surface area contributed by atoms with Gasteiger partial charge < -0.3 is 15.4 Å². The quantitative estimate of drug-likeness (QED) is 0.798. The molecule has 2 aliphatic rings. The van der Waals surface area contributed by atoms with Crippen LogP contribution in [0, 0.1) is 5.92 Å². The second kappa shape index (κ2) is 6.02. The Hall–Kier alpha value is -0.610. The average Bonchev–Trinajstić information content (AvgIpc) is 2.83. The minimum Gasteiger partial charge on any atom is -0.373 e. The summed E-state index contributed by atoms with van der Waals surface area (Å²) < 4.78 is 5.69. The Labute approximate surface area is 110 Å². The van der Waals surface area contributed by atoms with Crippen LogP contribution in [0.15, 0.2) is 0 Å². The molecule has 2 N–H and O–H groups in total. The van der Waals surface area contributed by atoms with Gasteiger partial charge in [0.2, 0.25) is 5.91 Å². The second-order valence-corrected chi connectivity index (χ2v) is 5.93. The fraction of sp³-hybridized carbons (Fsp3) is 0.929. The lowest BCUT2D eigenvalue weighted by molar-refractivity contribution is -0.125. The first-order valence-corrected chi connectivity index (χ1v) is 7.28. The molecule has 2 aliphatic heterocycles. The molecule has 2 heterocycles. The van der Waals surface area contributed by atoms with E-state index in [1.807, 2.05) is 0 Å². The normalized spacial score (nSPS) is 36.6. The van der Waals surface area contributed by atoms with E-state index in [9.17, 15) is 4.79 Å². The van der Waals surface area contributed by atoms with Gasteiger partial charge in [-0.25, -0.2) is 0 Å². The average molecular weight is 254 g/mol. The molecule has 0 bridgehead atoms. The van der Waals surface area contributed by atoms with Crippen LogP contribution in [0.25, 0.3) is 0 Å². The van der Waals surface area contributed by atoms with Gasteiger partial charge >= 0.3 is 0 Å². The summed E-state index contributed by atoms with van der Waals surface area (Å²) in [5, 5.41) is 6.37. The topological polar surface area (TPSA) is 50.4 Å². The predicted molar refractivity (Wildman–Crippen MR) is 71.4 cm³/mol. The zero-order valence-corrected chi connectivity index (χ0v) is 11.6. The summed E-state index contributed by atoms with van der Waals surface area (Å²) in [4.78, 5) is 12.1. The molecule has 2 rings (SSSR count). The standard InChI is InChI=1S/C14H26N2O2/c1-3-11-5-7-15-12(9-11)13(17)16-10-14(2)6-4-8-18-14/h11-12,15H,3-10H2,1-2H3,(H,16,17). The van der Waals surface area contributed by atoms with E-state index in [0.29, 0.717) is 12.5 Å². The highest BCUT2D eigenvalue weighted by Gasteiger charge is 2.32. The van der Waals surface area contributed by atoms with Gasteiger partial charge in [-0.2, -0.15) is 0 Å². The molecular formula is C14H26N2O2. The minimum absolute atomic E-state index is 0.00583. The monoisotopic (exact) mass is 254 g/mol. The van der Waals surface area contributed by atoms with Crippen LogP contribution in [-0.2, 0) is 9.53 Å². The maximum absolute atomic E-state index is 12.1. The van der Waals surface area contributed by atoms with E-state index in [2.05, 4.69) is 24.5 Å². The third-order valence-corrected chi connectivity index (χ3v) is 4.34. The van der Waals surface area contributed by atoms with Crippen LogP contribution in [0.4, 0.5) is 0 Å². The van der Waals surface area contributed by atoms with Crippen molar-refractivity contribution in [2.45, 2.75) is 57.6 Å². The number of nitrogens with one attached hydrogen (secondary N) is 2. The molecule has 2 fully saturated rings. The van der Waals surface area contributed by atoms with Crippen LogP contribution < -0.4 is 10.6 Å². The van der Waals surface area contributed by atoms with E-state index in [1.54, 1.807) is 0 Å². The lowest BCUT2D eigenvalue weighted by Gasteiger charge is -2.30. The summed E-state index contributed by atoms with van der Waals surface area (Å²) in [6, 6.07) is -0.00583. The van der Waals surface area contributed by atoms with E-state index in [-0.39, 0.29) is 17.6 Å². The van der Waals surface area contributed by atoms with Gasteiger partial charge in [-0.3, -0.25) is 4.79 Å². The Bertz CT molecular complexity index is 288. The van der Waals surface area contributed by atoms with E-state index in [4.69, 9.17) is 4.74 Å². The number of rotatable bonds is 4. The van der Waals surface area contributed by atoms with Crippen LogP contribution in [0.3, 0.4) is 0 Å². The molecule has 0 aliphatic carbocycles. The zero-order chi connectivity index (χ0) is 13.0. The molecule has 0 radical (unpaired) electrons. The van der Waals surface area contributed by atoms with Crippen molar-refractivity contribution < 1.29 is 9.53 Å². The lowest BCUT2D eigenvalue weighted by Crippen LogP contribution is -2.51. The third-order valence-electron chi connectivity index (χ3n) is 4.34. The van der Waals surface area contributed by atoms with E-state index in [0.717, 1.165) is 32.4 Å². The molecule has 4 heteroatoms. The van der Waals surface area contributed by atoms with Crippen LogP contribution in [0.1, 0.15) is 46.0 Å². The van der Waals surface area contributed by atoms with Crippen LogP contribution >= 0.6 is 0 Å². The number of carbonyl (C=O) groups excluding carboxylic acids is 1. The predicted octanol–water partition coefficient (Wildman–Crippen LogP) is 1.45. The van der Waals surface area contributed by atoms with Crippen molar-refractivity contribution in [2.24, 2.45) is 5.92 Å². The van der Waals surface area contributed by atoms with Crippen molar-refractivity contribution in [3.05, 3.63) is 0 Å². The molecule has 104 valence electrons. The molecule has 4 nitrogen and oxygen atoms in total. The highest BCUT2D eigenvalue weighted by molar-refractivity contribution is 5.81. The Morgan fingerprint density at radius 1 is 1.56 bits per heavy atom. The highest BCUT2D eigenvalue weighted by Crippen LogP contribution is 2.24. The van der Waals surface area contributed by atoms with Gasteiger partial charge in [0.05, 0.1) is 11.6 Å². The van der Waals surface area contributed by atoms with Crippen LogP contribution in [-0.4, -0.2) is 37.2 Å². The summed E-state index contributed by atoms with van der Waals surface area (Å²) >= 11 is 0. The molecule has 0 spiro atoms. The summed E-state index contributed by atoms with van der Waals surface area (Å²) in [5.74, 6) is 0.838. The number of hydrogen-bond donors (Lipinski definition) is 2. The van der Waals surface area contributed by atoms with Gasteiger partial charge in [0.1, 0.15) is 0 Å². The van der Waals surface area contributed by atoms with Crippen molar-refractivity contribution in [1.82, 2.24) is 10.6 Å². The lowest BCUT2D eigenvalue weighted by atomic mass is 9.90. The van der Waals surface area contributed by atoms with Gasteiger partial charge in [0.25, 0.3) is 0 Å². The van der Waals surface area contributed by atoms with Crippen molar-refractivity contribution in [2.75, 3.05) is 19.7 Å². The summed E-state index contributed by atoms with van der Waals surface area (Å²) in [6.45, 7) is 6.72. The van der Waals surface area contributed by atoms with Crippen LogP contribution in [0.2, 0.25) is 0 Å². The minimum atomic E-state index is -0.144. The fourth-order valence-electron chi connectivity index (χ4n) is 2.94. The maximum Gasteiger partial charge on any atom is 0.237 e. The smallest absolute Gasteiger partial charge is 0.237 e. The van der Waals surface area contributed by atoms with Gasteiger partial charge in [-0.05, 0) is 45.1 Å². The second-order valence-electron chi connectivity index (χ2n) is 5.93. The molecular weight excluding hydrogens is 228 g/mol. The Morgan fingerprint density at radius 3 is 3.06 bits per heavy atom. The van der Waals surface area contributed by atoms with Gasteiger partial charge in [-0.15, -0.1) is 0 Å². The number of piperidine rings is 1. The zero-order valence-electron chi connectivity index (χ0n) is 11.6. The van der Waals surface area contributed by atoms with E-state index < -0.39 is 0 Å². The van der Waals surface area contributed by atoms with Crippen molar-refractivity contribution in [3.8, 4) is 0 Å². The summed E-state index contributed by atoms with van der Waals surface area (Å²) in [7, 11) is 0. The Kier molecular flexibility index (Phi) is 4.62. The van der Waals surface area contributed by atoms with Gasteiger partial charge in [0.15, 0.2) is 0 Å². The summed E-state index contributed by atoms with van der Waals surface area (Å²) in [6.07, 6.45) is 5.49. The molecule has 3 atom stereocenters. The molecule has 0 saturated carbocycles.